The Bertz CT molecular complexity index is 845. The molecule has 1 aliphatic heterocycles. The summed E-state index contributed by atoms with van der Waals surface area (Å²) in [4.78, 5) is 14.7. The lowest BCUT2D eigenvalue weighted by Crippen LogP contribution is -2.30. The first kappa shape index (κ1) is 16.6. The quantitative estimate of drug-likeness (QED) is 0.857. The number of amides is 1. The minimum atomic E-state index is -3.28. The van der Waals surface area contributed by atoms with Gasteiger partial charge in [-0.2, -0.15) is 0 Å². The summed E-state index contributed by atoms with van der Waals surface area (Å²) in [5, 5.41) is 0. The molecule has 1 aliphatic rings. The molecular weight excluding hydrogens is 329 g/mol. The first-order valence-corrected chi connectivity index (χ1v) is 9.62. The van der Waals surface area contributed by atoms with E-state index in [9.17, 15) is 17.6 Å². The molecule has 0 N–H and O–H groups in total. The SMILES string of the molecule is CS(=O)(=O)c1ccc(C(=O)N2CCCC2c2ccc(F)cc2)cc1. The molecule has 1 saturated heterocycles. The van der Waals surface area contributed by atoms with Gasteiger partial charge in [0.15, 0.2) is 9.84 Å². The highest BCUT2D eigenvalue weighted by atomic mass is 32.2. The molecule has 24 heavy (non-hydrogen) atoms. The average molecular weight is 347 g/mol. The van der Waals surface area contributed by atoms with E-state index in [0.29, 0.717) is 12.1 Å². The highest BCUT2D eigenvalue weighted by Crippen LogP contribution is 2.33. The fourth-order valence-electron chi connectivity index (χ4n) is 3.05. The first-order valence-electron chi connectivity index (χ1n) is 7.73. The van der Waals surface area contributed by atoms with Crippen LogP contribution in [0.2, 0.25) is 0 Å². The number of nitrogens with zero attached hydrogens (tertiary/aromatic N) is 1. The van der Waals surface area contributed by atoms with Crippen LogP contribution in [0.25, 0.3) is 0 Å². The Hall–Kier alpha value is -2.21. The fraction of sp³-hybridized carbons (Fsp3) is 0.278. The Kier molecular flexibility index (Phi) is 4.41. The lowest BCUT2D eigenvalue weighted by Gasteiger charge is -2.25. The van der Waals surface area contributed by atoms with Gasteiger partial charge in [-0.05, 0) is 54.8 Å². The molecular formula is C18H18FNO3S. The number of rotatable bonds is 3. The Morgan fingerprint density at radius 3 is 2.29 bits per heavy atom. The molecule has 4 nitrogen and oxygen atoms in total. The minimum absolute atomic E-state index is 0.0762. The summed E-state index contributed by atoms with van der Waals surface area (Å²) < 4.78 is 36.1. The summed E-state index contributed by atoms with van der Waals surface area (Å²) >= 11 is 0. The Morgan fingerprint density at radius 1 is 1.08 bits per heavy atom. The number of carbonyl (C=O) groups is 1. The molecule has 126 valence electrons. The van der Waals surface area contributed by atoms with E-state index >= 15 is 0 Å². The maximum absolute atomic E-state index is 13.1. The Balaban J connectivity index is 1.84. The molecule has 0 aliphatic carbocycles. The van der Waals surface area contributed by atoms with Crippen molar-refractivity contribution in [2.75, 3.05) is 12.8 Å². The second kappa shape index (κ2) is 6.36. The maximum atomic E-state index is 13.1. The maximum Gasteiger partial charge on any atom is 0.254 e. The molecule has 1 amide bonds. The number of hydrogen-bond acceptors (Lipinski definition) is 3. The Morgan fingerprint density at radius 2 is 1.71 bits per heavy atom. The molecule has 0 aromatic heterocycles. The van der Waals surface area contributed by atoms with E-state index in [0.717, 1.165) is 24.7 Å². The van der Waals surface area contributed by atoms with E-state index in [1.54, 1.807) is 29.2 Å². The van der Waals surface area contributed by atoms with Crippen molar-refractivity contribution in [1.82, 2.24) is 4.90 Å². The van der Waals surface area contributed by atoms with Crippen LogP contribution in [0, 0.1) is 5.82 Å². The highest BCUT2D eigenvalue weighted by Gasteiger charge is 2.30. The molecule has 1 atom stereocenters. The summed E-state index contributed by atoms with van der Waals surface area (Å²) in [6.45, 7) is 0.634. The molecule has 6 heteroatoms. The predicted octanol–water partition coefficient (Wildman–Crippen LogP) is 3.21. The van der Waals surface area contributed by atoms with Crippen molar-refractivity contribution in [3.63, 3.8) is 0 Å². The standard InChI is InChI=1S/C18H18FNO3S/c1-24(22,23)16-10-6-14(7-11-16)18(21)20-12-2-3-17(20)13-4-8-15(19)9-5-13/h4-11,17H,2-3,12H2,1H3. The topological polar surface area (TPSA) is 54.5 Å². The van der Waals surface area contributed by atoms with Gasteiger partial charge in [-0.15, -0.1) is 0 Å². The van der Waals surface area contributed by atoms with Crippen molar-refractivity contribution in [1.29, 1.82) is 0 Å². The van der Waals surface area contributed by atoms with Gasteiger partial charge < -0.3 is 4.90 Å². The van der Waals surface area contributed by atoms with Gasteiger partial charge in [0.1, 0.15) is 5.82 Å². The van der Waals surface area contributed by atoms with Crippen molar-refractivity contribution < 1.29 is 17.6 Å². The normalized spacial score (nSPS) is 17.9. The summed E-state index contributed by atoms with van der Waals surface area (Å²) in [6.07, 6.45) is 2.85. The average Bonchev–Trinajstić information content (AvgIpc) is 3.04. The number of halogens is 1. The number of hydrogen-bond donors (Lipinski definition) is 0. The van der Waals surface area contributed by atoms with Gasteiger partial charge in [0.05, 0.1) is 10.9 Å². The summed E-state index contributed by atoms with van der Waals surface area (Å²) in [5.74, 6) is -0.437. The van der Waals surface area contributed by atoms with Crippen LogP contribution < -0.4 is 0 Å². The van der Waals surface area contributed by atoms with Crippen LogP contribution >= 0.6 is 0 Å². The van der Waals surface area contributed by atoms with Crippen molar-refractivity contribution in [2.45, 2.75) is 23.8 Å². The summed E-state index contributed by atoms with van der Waals surface area (Å²) in [6, 6.07) is 12.1. The van der Waals surface area contributed by atoms with Crippen molar-refractivity contribution in [3.05, 3.63) is 65.5 Å². The van der Waals surface area contributed by atoms with E-state index in [-0.39, 0.29) is 22.7 Å². The van der Waals surface area contributed by atoms with Crippen LogP contribution in [-0.2, 0) is 9.84 Å². The van der Waals surface area contributed by atoms with E-state index in [4.69, 9.17) is 0 Å². The van der Waals surface area contributed by atoms with Gasteiger partial charge in [-0.25, -0.2) is 12.8 Å². The molecule has 0 radical (unpaired) electrons. The molecule has 1 fully saturated rings. The van der Waals surface area contributed by atoms with Gasteiger partial charge in [-0.3, -0.25) is 4.79 Å². The van der Waals surface area contributed by atoms with Gasteiger partial charge in [0, 0.05) is 18.4 Å². The highest BCUT2D eigenvalue weighted by molar-refractivity contribution is 7.90. The van der Waals surface area contributed by atoms with Gasteiger partial charge in [0.2, 0.25) is 0 Å². The second-order valence-electron chi connectivity index (χ2n) is 6.00. The van der Waals surface area contributed by atoms with Crippen LogP contribution in [0.4, 0.5) is 4.39 Å². The largest absolute Gasteiger partial charge is 0.332 e. The third-order valence-corrected chi connectivity index (χ3v) is 5.43. The van der Waals surface area contributed by atoms with Gasteiger partial charge in [0.25, 0.3) is 5.91 Å². The first-order chi connectivity index (χ1) is 11.4. The molecule has 3 rings (SSSR count). The van der Waals surface area contributed by atoms with Gasteiger partial charge in [-0.1, -0.05) is 12.1 Å². The zero-order valence-electron chi connectivity index (χ0n) is 13.3. The monoisotopic (exact) mass is 347 g/mol. The Labute approximate surface area is 140 Å². The number of carbonyl (C=O) groups excluding carboxylic acids is 1. The number of benzene rings is 2. The minimum Gasteiger partial charge on any atom is -0.332 e. The van der Waals surface area contributed by atoms with Crippen LogP contribution in [0.5, 0.6) is 0 Å². The summed E-state index contributed by atoms with van der Waals surface area (Å²) in [7, 11) is -3.28. The van der Waals surface area contributed by atoms with Crippen molar-refractivity contribution in [3.8, 4) is 0 Å². The summed E-state index contributed by atoms with van der Waals surface area (Å²) in [5.41, 5.74) is 1.37. The van der Waals surface area contributed by atoms with Crippen LogP contribution in [0.15, 0.2) is 53.4 Å². The molecule has 0 spiro atoms. The van der Waals surface area contributed by atoms with E-state index in [1.165, 1.54) is 24.3 Å². The van der Waals surface area contributed by atoms with Crippen LogP contribution in [0.1, 0.15) is 34.8 Å². The van der Waals surface area contributed by atoms with Crippen LogP contribution in [-0.4, -0.2) is 32.0 Å². The van der Waals surface area contributed by atoms with Crippen LogP contribution in [0.3, 0.4) is 0 Å². The molecule has 0 bridgehead atoms. The number of sulfone groups is 1. The third kappa shape index (κ3) is 3.33. The van der Waals surface area contributed by atoms with E-state index < -0.39 is 9.84 Å². The zero-order chi connectivity index (χ0) is 17.3. The second-order valence-corrected chi connectivity index (χ2v) is 8.02. The predicted molar refractivity (Wildman–Crippen MR) is 89.0 cm³/mol. The smallest absolute Gasteiger partial charge is 0.254 e. The molecule has 1 unspecified atom stereocenters. The fourth-order valence-corrected chi connectivity index (χ4v) is 3.68. The third-order valence-electron chi connectivity index (χ3n) is 4.30. The van der Waals surface area contributed by atoms with E-state index in [2.05, 4.69) is 0 Å². The number of likely N-dealkylation sites (tertiary alicyclic amines) is 1. The van der Waals surface area contributed by atoms with E-state index in [1.807, 2.05) is 0 Å². The van der Waals surface area contributed by atoms with Gasteiger partial charge >= 0.3 is 0 Å². The molecule has 2 aromatic rings. The zero-order valence-corrected chi connectivity index (χ0v) is 14.1. The lowest BCUT2D eigenvalue weighted by molar-refractivity contribution is 0.0735. The van der Waals surface area contributed by atoms with Crippen molar-refractivity contribution in [2.24, 2.45) is 0 Å². The molecule has 1 heterocycles. The molecule has 0 saturated carbocycles. The lowest BCUT2D eigenvalue weighted by atomic mass is 10.0. The molecule has 2 aromatic carbocycles. The van der Waals surface area contributed by atoms with Crippen molar-refractivity contribution >= 4 is 15.7 Å².